The lowest BCUT2D eigenvalue weighted by molar-refractivity contribution is -0.896. The van der Waals surface area contributed by atoms with E-state index < -0.39 is 61.9 Å². The number of nitrogens with zero attached hydrogens (tertiary/aromatic N) is 4. The number of halogens is 7. The highest BCUT2D eigenvalue weighted by Gasteiger charge is 2.38. The van der Waals surface area contributed by atoms with Gasteiger partial charge in [0.2, 0.25) is 10.0 Å². The van der Waals surface area contributed by atoms with Crippen LogP contribution in [0.15, 0.2) is 70.8 Å². The van der Waals surface area contributed by atoms with E-state index in [2.05, 4.69) is 19.1 Å². The number of methoxy groups -OCH3 is 2. The number of carbonyl (C=O) groups is 2. The van der Waals surface area contributed by atoms with Gasteiger partial charge in [-0.2, -0.15) is 17.5 Å². The molecule has 60 heavy (non-hydrogen) atoms. The fourth-order valence-electron chi connectivity index (χ4n) is 6.56. The summed E-state index contributed by atoms with van der Waals surface area (Å²) in [5.41, 5.74) is 1.04. The van der Waals surface area contributed by atoms with Crippen LogP contribution in [0.2, 0.25) is 5.02 Å². The molecule has 1 aliphatic heterocycles. The van der Waals surface area contributed by atoms with Crippen LogP contribution in [0, 0.1) is 23.4 Å². The van der Waals surface area contributed by atoms with Gasteiger partial charge in [-0.15, -0.1) is 0 Å². The van der Waals surface area contributed by atoms with E-state index in [1.54, 1.807) is 29.0 Å². The van der Waals surface area contributed by atoms with Crippen molar-refractivity contribution in [1.29, 1.82) is 0 Å². The molecule has 1 atom stereocenters. The molecule has 328 valence electrons. The molecule has 3 aromatic carbocycles. The molecule has 0 unspecified atom stereocenters. The highest BCUT2D eigenvalue weighted by atomic mass is 35.5. The molecule has 1 fully saturated rings. The van der Waals surface area contributed by atoms with E-state index in [9.17, 15) is 30.8 Å². The first-order chi connectivity index (χ1) is 27.8. The third-order valence-corrected chi connectivity index (χ3v) is 13.5. The van der Waals surface area contributed by atoms with Crippen molar-refractivity contribution in [1.82, 2.24) is 13.9 Å². The topological polar surface area (TPSA) is 131 Å². The summed E-state index contributed by atoms with van der Waals surface area (Å²) < 4.78 is 119. The molecule has 0 radical (unpaired) electrons. The van der Waals surface area contributed by atoms with Gasteiger partial charge in [-0.3, -0.25) is 9.36 Å². The number of aliphatic carboxylic acids is 1. The highest BCUT2D eigenvalue weighted by molar-refractivity contribution is 7.98. The Kier molecular flexibility index (Phi) is 15.5. The zero-order valence-corrected chi connectivity index (χ0v) is 36.2. The molecule has 11 nitrogen and oxygen atoms in total. The number of esters is 1. The van der Waals surface area contributed by atoms with Crippen molar-refractivity contribution >= 4 is 45.3 Å². The van der Waals surface area contributed by atoms with Gasteiger partial charge in [0.1, 0.15) is 35.2 Å². The fourth-order valence-corrected chi connectivity index (χ4v) is 9.45. The van der Waals surface area contributed by atoms with Crippen LogP contribution in [0.1, 0.15) is 50.4 Å². The number of hydrogen-bond donors (Lipinski definition) is 0. The zero-order chi connectivity index (χ0) is 45.0. The highest BCUT2D eigenvalue weighted by Crippen LogP contribution is 2.40. The summed E-state index contributed by atoms with van der Waals surface area (Å²) in [4.78, 5) is 25.4. The van der Waals surface area contributed by atoms with Gasteiger partial charge in [-0.1, -0.05) is 43.3 Å². The second kappa shape index (κ2) is 19.2. The molecule has 0 saturated carbocycles. The summed E-state index contributed by atoms with van der Waals surface area (Å²) in [5.74, 6) is -6.16. The third-order valence-electron chi connectivity index (χ3n) is 10.3. The third kappa shape index (κ3) is 11.3. The fraction of sp³-hybridized carbons (Fsp3) is 0.425. The molecule has 5 rings (SSSR count). The number of alkyl halides is 3. The standard InChI is InChI=1S/C38H45ClF3N4O5S2.C2HF3O2/c1-24(36(47)51-7)44(22-25-14-16-46(4,5)17-15-25)53(48,49)29-19-32(41)30(33(42)20-29)23-52-37-43-21-35(45(37)28-11-9-27(40)10-12-28)38(2,3)26-8-13-31(39)34(18-26)50-6;3-2(4,5)1(6)7/h8-13,18-21,24-25H,14-17,22-23H2,1-7H3;(H,6,7)/q+1;/p-1/t24-;/m1./s1. The number of sulfonamides is 1. The Bertz CT molecular complexity index is 2260. The Hall–Kier alpha value is -4.30. The molecule has 0 N–H and O–H groups in total. The minimum absolute atomic E-state index is 0.00691. The van der Waals surface area contributed by atoms with Crippen LogP contribution >= 0.6 is 23.4 Å². The van der Waals surface area contributed by atoms with E-state index >= 15 is 8.78 Å². The van der Waals surface area contributed by atoms with Crippen molar-refractivity contribution in [2.75, 3.05) is 47.9 Å². The van der Waals surface area contributed by atoms with E-state index in [4.69, 9.17) is 31.0 Å². The lowest BCUT2D eigenvalue weighted by atomic mass is 9.81. The predicted molar refractivity (Wildman–Crippen MR) is 211 cm³/mol. The van der Waals surface area contributed by atoms with Gasteiger partial charge in [0.15, 0.2) is 5.16 Å². The van der Waals surface area contributed by atoms with Gasteiger partial charge >= 0.3 is 12.1 Å². The number of likely N-dealkylation sites (tertiary alicyclic amines) is 1. The Labute approximate surface area is 353 Å². The quantitative estimate of drug-likeness (QED) is 0.0609. The first-order valence-corrected chi connectivity index (χ1v) is 21.1. The van der Waals surface area contributed by atoms with Crippen molar-refractivity contribution in [3.8, 4) is 11.4 Å². The molecule has 0 bridgehead atoms. The van der Waals surface area contributed by atoms with E-state index in [1.807, 2.05) is 26.0 Å². The minimum Gasteiger partial charge on any atom is -0.542 e. The van der Waals surface area contributed by atoms with Crippen molar-refractivity contribution in [2.24, 2.45) is 5.92 Å². The van der Waals surface area contributed by atoms with E-state index in [0.29, 0.717) is 27.3 Å². The molecule has 0 spiro atoms. The van der Waals surface area contributed by atoms with E-state index in [0.717, 1.165) is 71.3 Å². The summed E-state index contributed by atoms with van der Waals surface area (Å²) in [6.45, 7) is 7.01. The van der Waals surface area contributed by atoms with Crippen LogP contribution < -0.4 is 9.84 Å². The van der Waals surface area contributed by atoms with Crippen LogP contribution in [0.3, 0.4) is 0 Å². The monoisotopic (exact) mass is 906 g/mol. The first kappa shape index (κ1) is 48.4. The predicted octanol–water partition coefficient (Wildman–Crippen LogP) is 6.91. The van der Waals surface area contributed by atoms with Gasteiger partial charge in [0.05, 0.1) is 63.2 Å². The van der Waals surface area contributed by atoms with E-state index in [-0.39, 0.29) is 23.8 Å². The first-order valence-electron chi connectivity index (χ1n) is 18.3. The number of ether oxygens (including phenoxy) is 2. The minimum atomic E-state index is -5.19. The molecular weight excluding hydrogens is 862 g/mol. The molecule has 20 heteroatoms. The van der Waals surface area contributed by atoms with Gasteiger partial charge < -0.3 is 23.9 Å². The number of quaternary nitrogens is 1. The molecule has 0 amide bonds. The summed E-state index contributed by atoms with van der Waals surface area (Å²) in [6.07, 6.45) is -2.09. The number of thioether (sulfide) groups is 1. The van der Waals surface area contributed by atoms with Gasteiger partial charge in [0.25, 0.3) is 0 Å². The average molecular weight is 907 g/mol. The number of benzene rings is 3. The molecule has 1 aromatic heterocycles. The zero-order valence-electron chi connectivity index (χ0n) is 33.8. The number of hydrogen-bond acceptors (Lipinski definition) is 9. The number of aromatic nitrogens is 2. The molecule has 4 aromatic rings. The lowest BCUT2D eigenvalue weighted by Gasteiger charge is -2.39. The van der Waals surface area contributed by atoms with Crippen molar-refractivity contribution in [2.45, 2.75) is 67.1 Å². The van der Waals surface area contributed by atoms with Crippen LogP contribution in [-0.2, 0) is 35.5 Å². The smallest absolute Gasteiger partial charge is 0.430 e. The Morgan fingerprint density at radius 1 is 1.02 bits per heavy atom. The largest absolute Gasteiger partial charge is 0.542 e. The maximum atomic E-state index is 15.8. The molecule has 2 heterocycles. The Morgan fingerprint density at radius 3 is 2.10 bits per heavy atom. The van der Waals surface area contributed by atoms with Crippen molar-refractivity contribution in [3.05, 3.63) is 100 Å². The second-order valence-corrected chi connectivity index (χ2v) is 18.5. The summed E-state index contributed by atoms with van der Waals surface area (Å²) >= 11 is 7.33. The number of carboxylic acids is 1. The number of imidazole rings is 1. The van der Waals surface area contributed by atoms with Gasteiger partial charge in [-0.05, 0) is 66.9 Å². The maximum absolute atomic E-state index is 15.8. The summed E-state index contributed by atoms with van der Waals surface area (Å²) in [7, 11) is 2.35. The van der Waals surface area contributed by atoms with Crippen LogP contribution in [0.4, 0.5) is 26.3 Å². The molecule has 0 aliphatic carbocycles. The van der Waals surface area contributed by atoms with Crippen LogP contribution in [0.25, 0.3) is 5.69 Å². The van der Waals surface area contributed by atoms with Gasteiger partial charge in [-0.25, -0.2) is 26.6 Å². The molecule has 1 saturated heterocycles. The molecule has 1 aliphatic rings. The van der Waals surface area contributed by atoms with Crippen LogP contribution in [0.5, 0.6) is 5.75 Å². The SMILES string of the molecule is COC(=O)[C@@H](C)N(CC1CC[N+](C)(C)CC1)S(=O)(=O)c1cc(F)c(CSc2ncc(C(C)(C)c3ccc(Cl)c(OC)c3)n2-c2ccc(F)cc2)c(F)c1.O=C([O-])C(F)(F)F. The Balaban J connectivity index is 0.00000104. The normalized spacial score (nSPS) is 15.2. The number of rotatable bonds is 13. The average Bonchev–Trinajstić information content (AvgIpc) is 3.61. The number of carbonyl (C=O) groups excluding carboxylic acids is 2. The van der Waals surface area contributed by atoms with Gasteiger partial charge in [0, 0.05) is 41.8 Å². The number of carboxylic acid groups (broad SMARTS) is 1. The van der Waals surface area contributed by atoms with E-state index in [1.165, 1.54) is 26.2 Å². The maximum Gasteiger partial charge on any atom is 0.430 e. The Morgan fingerprint density at radius 2 is 1.58 bits per heavy atom. The number of piperidine rings is 1. The second-order valence-electron chi connectivity index (χ2n) is 15.3. The summed E-state index contributed by atoms with van der Waals surface area (Å²) in [5, 5.41) is 9.59. The summed E-state index contributed by atoms with van der Waals surface area (Å²) in [6, 6.07) is 11.6. The van der Waals surface area contributed by atoms with Crippen LogP contribution in [-0.4, -0.2) is 98.9 Å². The van der Waals surface area contributed by atoms with Crippen molar-refractivity contribution < 1.29 is 63.4 Å². The molecular formula is C40H45ClF6N4O7S2. The lowest BCUT2D eigenvalue weighted by Crippen LogP contribution is -2.51. The van der Waals surface area contributed by atoms with Crippen molar-refractivity contribution in [3.63, 3.8) is 0 Å².